The molecule has 3 heteroatoms. The zero-order chi connectivity index (χ0) is 13.3. The normalized spacial score (nSPS) is 30.3. The van der Waals surface area contributed by atoms with Crippen molar-refractivity contribution < 1.29 is 0 Å². The van der Waals surface area contributed by atoms with Crippen LogP contribution in [0.5, 0.6) is 0 Å². The topological polar surface area (TPSA) is 18.5 Å². The molecule has 1 aliphatic carbocycles. The molecule has 1 saturated carbocycles. The van der Waals surface area contributed by atoms with Gasteiger partial charge in [-0.25, -0.2) is 0 Å². The van der Waals surface area contributed by atoms with E-state index in [-0.39, 0.29) is 0 Å². The summed E-state index contributed by atoms with van der Waals surface area (Å²) in [5.41, 5.74) is 0.413. The second-order valence-corrected chi connectivity index (χ2v) is 7.74. The molecule has 1 atom stereocenters. The van der Waals surface area contributed by atoms with E-state index in [1.165, 1.54) is 71.4 Å². The molecule has 0 aromatic rings. The highest BCUT2D eigenvalue weighted by atomic mass is 15.3. The molecule has 1 N–H and O–H groups in total. The van der Waals surface area contributed by atoms with Gasteiger partial charge in [0.05, 0.1) is 0 Å². The van der Waals surface area contributed by atoms with Gasteiger partial charge in [-0.2, -0.15) is 0 Å². The van der Waals surface area contributed by atoms with Crippen molar-refractivity contribution in [3.63, 3.8) is 0 Å². The minimum Gasteiger partial charge on any atom is -0.313 e. The highest BCUT2D eigenvalue weighted by Gasteiger charge is 2.32. The van der Waals surface area contributed by atoms with E-state index >= 15 is 0 Å². The Balaban J connectivity index is 1.49. The highest BCUT2D eigenvalue weighted by molar-refractivity contribution is 4.89. The standard InChI is InChI=1S/C16H31N3/c1-16(2,12-17-14-6-7-14)13-18-8-4-10-19-9-3-5-15(19)11-18/h14-15,17H,3-13H2,1-2H3. The van der Waals surface area contributed by atoms with Crippen molar-refractivity contribution in [2.75, 3.05) is 39.3 Å². The van der Waals surface area contributed by atoms with Crippen LogP contribution in [0.2, 0.25) is 0 Å². The number of hydrogen-bond donors (Lipinski definition) is 1. The molecule has 2 saturated heterocycles. The zero-order valence-electron chi connectivity index (χ0n) is 12.8. The molecule has 3 nitrogen and oxygen atoms in total. The number of nitrogens with zero attached hydrogens (tertiary/aromatic N) is 2. The molecule has 0 amide bonds. The van der Waals surface area contributed by atoms with E-state index in [0.29, 0.717) is 5.41 Å². The summed E-state index contributed by atoms with van der Waals surface area (Å²) < 4.78 is 0. The minimum atomic E-state index is 0.413. The first-order valence-corrected chi connectivity index (χ1v) is 8.32. The molecule has 0 spiro atoms. The van der Waals surface area contributed by atoms with E-state index in [9.17, 15) is 0 Å². The maximum atomic E-state index is 3.71. The lowest BCUT2D eigenvalue weighted by Crippen LogP contribution is -2.44. The predicted molar refractivity (Wildman–Crippen MR) is 80.5 cm³/mol. The van der Waals surface area contributed by atoms with Crippen molar-refractivity contribution in [1.82, 2.24) is 15.1 Å². The van der Waals surface area contributed by atoms with Gasteiger partial charge in [0.2, 0.25) is 0 Å². The van der Waals surface area contributed by atoms with Gasteiger partial charge in [0.25, 0.3) is 0 Å². The van der Waals surface area contributed by atoms with Gasteiger partial charge in [0.1, 0.15) is 0 Å². The van der Waals surface area contributed by atoms with E-state index in [1.54, 1.807) is 0 Å². The average molecular weight is 265 g/mol. The maximum absolute atomic E-state index is 3.71. The molecular formula is C16H31N3. The second-order valence-electron chi connectivity index (χ2n) is 7.74. The monoisotopic (exact) mass is 265 g/mol. The summed E-state index contributed by atoms with van der Waals surface area (Å²) >= 11 is 0. The molecule has 1 unspecified atom stereocenters. The van der Waals surface area contributed by atoms with Crippen LogP contribution in [0.1, 0.15) is 46.0 Å². The van der Waals surface area contributed by atoms with Crippen LogP contribution in [0, 0.1) is 5.41 Å². The second kappa shape index (κ2) is 5.71. The molecule has 3 fully saturated rings. The maximum Gasteiger partial charge on any atom is 0.0223 e. The quantitative estimate of drug-likeness (QED) is 0.819. The fourth-order valence-electron chi connectivity index (χ4n) is 3.80. The van der Waals surface area contributed by atoms with Crippen molar-refractivity contribution in [2.45, 2.75) is 58.0 Å². The Bertz CT molecular complexity index is 298. The van der Waals surface area contributed by atoms with Crippen LogP contribution in [0.15, 0.2) is 0 Å². The lowest BCUT2D eigenvalue weighted by atomic mass is 9.92. The molecule has 3 aliphatic rings. The average Bonchev–Trinajstić information content (AvgIpc) is 3.12. The first kappa shape index (κ1) is 13.8. The van der Waals surface area contributed by atoms with Crippen LogP contribution in [-0.2, 0) is 0 Å². The van der Waals surface area contributed by atoms with Crippen LogP contribution in [0.25, 0.3) is 0 Å². The molecule has 110 valence electrons. The van der Waals surface area contributed by atoms with Crippen LogP contribution >= 0.6 is 0 Å². The molecule has 0 bridgehead atoms. The number of fused-ring (bicyclic) bond motifs is 1. The molecule has 0 radical (unpaired) electrons. The van der Waals surface area contributed by atoms with Crippen molar-refractivity contribution in [3.05, 3.63) is 0 Å². The Kier molecular flexibility index (Phi) is 4.16. The van der Waals surface area contributed by atoms with Crippen molar-refractivity contribution in [1.29, 1.82) is 0 Å². The van der Waals surface area contributed by atoms with Gasteiger partial charge in [-0.05, 0) is 57.2 Å². The minimum absolute atomic E-state index is 0.413. The lowest BCUT2D eigenvalue weighted by Gasteiger charge is -2.34. The van der Waals surface area contributed by atoms with E-state index in [1.807, 2.05) is 0 Å². The number of hydrogen-bond acceptors (Lipinski definition) is 3. The van der Waals surface area contributed by atoms with Gasteiger partial charge >= 0.3 is 0 Å². The third-order valence-electron chi connectivity index (χ3n) is 4.99. The number of nitrogens with one attached hydrogen (secondary N) is 1. The molecular weight excluding hydrogens is 234 g/mol. The Morgan fingerprint density at radius 3 is 2.63 bits per heavy atom. The molecule has 2 aliphatic heterocycles. The first-order valence-electron chi connectivity index (χ1n) is 8.32. The van der Waals surface area contributed by atoms with Gasteiger partial charge < -0.3 is 10.2 Å². The van der Waals surface area contributed by atoms with Gasteiger partial charge in [-0.15, -0.1) is 0 Å². The fraction of sp³-hybridized carbons (Fsp3) is 1.00. The Labute approximate surface area is 118 Å². The molecule has 19 heavy (non-hydrogen) atoms. The zero-order valence-corrected chi connectivity index (χ0v) is 12.8. The fourth-order valence-corrected chi connectivity index (χ4v) is 3.80. The molecule has 0 aromatic carbocycles. The first-order chi connectivity index (χ1) is 9.12. The Morgan fingerprint density at radius 2 is 1.84 bits per heavy atom. The van der Waals surface area contributed by atoms with E-state index in [0.717, 1.165) is 12.1 Å². The Morgan fingerprint density at radius 1 is 1.05 bits per heavy atom. The van der Waals surface area contributed by atoms with E-state index in [4.69, 9.17) is 0 Å². The summed E-state index contributed by atoms with van der Waals surface area (Å²) in [7, 11) is 0. The smallest absolute Gasteiger partial charge is 0.0223 e. The molecule has 3 rings (SSSR count). The summed E-state index contributed by atoms with van der Waals surface area (Å²) in [6, 6.07) is 1.70. The van der Waals surface area contributed by atoms with Gasteiger partial charge in [0, 0.05) is 31.7 Å². The van der Waals surface area contributed by atoms with Gasteiger partial charge in [-0.1, -0.05) is 13.8 Å². The summed E-state index contributed by atoms with van der Waals surface area (Å²) in [5.74, 6) is 0. The van der Waals surface area contributed by atoms with E-state index < -0.39 is 0 Å². The summed E-state index contributed by atoms with van der Waals surface area (Å²) in [6.45, 7) is 12.6. The van der Waals surface area contributed by atoms with E-state index in [2.05, 4.69) is 29.0 Å². The molecule has 2 heterocycles. The largest absolute Gasteiger partial charge is 0.313 e. The van der Waals surface area contributed by atoms with Crippen molar-refractivity contribution in [2.24, 2.45) is 5.41 Å². The van der Waals surface area contributed by atoms with Crippen LogP contribution in [0.4, 0.5) is 0 Å². The summed E-state index contributed by atoms with van der Waals surface area (Å²) in [4.78, 5) is 5.47. The van der Waals surface area contributed by atoms with Crippen molar-refractivity contribution in [3.8, 4) is 0 Å². The number of rotatable bonds is 5. The van der Waals surface area contributed by atoms with Crippen LogP contribution in [-0.4, -0.2) is 61.2 Å². The predicted octanol–water partition coefficient (Wildman–Crippen LogP) is 1.93. The third-order valence-corrected chi connectivity index (χ3v) is 4.99. The third kappa shape index (κ3) is 3.93. The SMILES string of the molecule is CC(C)(CNC1CC1)CN1CCCN2CCCC2C1. The molecule has 0 aromatic heterocycles. The van der Waals surface area contributed by atoms with Gasteiger partial charge in [-0.3, -0.25) is 4.90 Å². The lowest BCUT2D eigenvalue weighted by molar-refractivity contribution is 0.159. The van der Waals surface area contributed by atoms with Crippen molar-refractivity contribution >= 4 is 0 Å². The Hall–Kier alpha value is -0.120. The highest BCUT2D eigenvalue weighted by Crippen LogP contribution is 2.25. The summed E-state index contributed by atoms with van der Waals surface area (Å²) in [6.07, 6.45) is 7.01. The van der Waals surface area contributed by atoms with Crippen LogP contribution < -0.4 is 5.32 Å². The summed E-state index contributed by atoms with van der Waals surface area (Å²) in [5, 5.41) is 3.71. The van der Waals surface area contributed by atoms with Crippen LogP contribution in [0.3, 0.4) is 0 Å². The van der Waals surface area contributed by atoms with Gasteiger partial charge in [0.15, 0.2) is 0 Å².